The molecule has 0 saturated heterocycles. The number of pyridine rings is 1. The minimum absolute atomic E-state index is 0.165. The molecule has 0 aliphatic heterocycles. The molecule has 6 heteroatoms. The lowest BCUT2D eigenvalue weighted by atomic mass is 10.1. The maximum Gasteiger partial charge on any atom is 0.247 e. The van der Waals surface area contributed by atoms with Crippen LogP contribution in [-0.4, -0.2) is 29.6 Å². The van der Waals surface area contributed by atoms with Gasteiger partial charge < -0.3 is 0 Å². The maximum atomic E-state index is 11.5. The Hall–Kier alpha value is -2.34. The van der Waals surface area contributed by atoms with Crippen LogP contribution in [0.15, 0.2) is 53.9 Å². The highest BCUT2D eigenvalue weighted by Crippen LogP contribution is 2.22. The SMILES string of the molecule is CS(=O)(=O)c1nccc(-c2ccc3ncccc3c2)n1. The molecule has 2 heterocycles. The van der Waals surface area contributed by atoms with Crippen molar-refractivity contribution in [2.75, 3.05) is 6.26 Å². The minimum Gasteiger partial charge on any atom is -0.256 e. The van der Waals surface area contributed by atoms with Crippen molar-refractivity contribution in [2.24, 2.45) is 0 Å². The maximum absolute atomic E-state index is 11.5. The number of hydrogen-bond donors (Lipinski definition) is 0. The Bertz CT molecular complexity index is 892. The normalized spacial score (nSPS) is 11.7. The predicted molar refractivity (Wildman–Crippen MR) is 75.9 cm³/mol. The standard InChI is InChI=1S/C14H11N3O2S/c1-20(18,19)14-16-8-6-13(17-14)11-4-5-12-10(9-11)3-2-7-15-12/h2-9H,1H3. The summed E-state index contributed by atoms with van der Waals surface area (Å²) in [5, 5.41) is 0.811. The van der Waals surface area contributed by atoms with Gasteiger partial charge >= 0.3 is 0 Å². The number of hydrogen-bond acceptors (Lipinski definition) is 5. The lowest BCUT2D eigenvalue weighted by molar-refractivity contribution is 0.593. The first kappa shape index (κ1) is 12.7. The van der Waals surface area contributed by atoms with Crippen LogP contribution >= 0.6 is 0 Å². The summed E-state index contributed by atoms with van der Waals surface area (Å²) in [5.41, 5.74) is 2.29. The van der Waals surface area contributed by atoms with Gasteiger partial charge in [0.25, 0.3) is 0 Å². The molecule has 0 aliphatic carbocycles. The number of nitrogens with zero attached hydrogens (tertiary/aromatic N) is 3. The van der Waals surface area contributed by atoms with Crippen LogP contribution in [0, 0.1) is 0 Å². The van der Waals surface area contributed by atoms with Crippen molar-refractivity contribution in [3.05, 3.63) is 48.8 Å². The van der Waals surface area contributed by atoms with E-state index in [0.29, 0.717) is 5.69 Å². The Labute approximate surface area is 116 Å². The lowest BCUT2D eigenvalue weighted by Gasteiger charge is -2.04. The van der Waals surface area contributed by atoms with Crippen molar-refractivity contribution in [2.45, 2.75) is 5.16 Å². The molecule has 3 aromatic rings. The first-order valence-corrected chi connectivity index (χ1v) is 7.81. The third-order valence-corrected chi connectivity index (χ3v) is 3.72. The van der Waals surface area contributed by atoms with Crippen molar-refractivity contribution in [1.29, 1.82) is 0 Å². The van der Waals surface area contributed by atoms with E-state index >= 15 is 0 Å². The van der Waals surface area contributed by atoms with Crippen LogP contribution in [0.3, 0.4) is 0 Å². The van der Waals surface area contributed by atoms with E-state index in [2.05, 4.69) is 15.0 Å². The molecule has 0 saturated carbocycles. The molecule has 0 spiro atoms. The van der Waals surface area contributed by atoms with Crippen LogP contribution in [0.1, 0.15) is 0 Å². The summed E-state index contributed by atoms with van der Waals surface area (Å²) in [6, 6.07) is 11.2. The smallest absolute Gasteiger partial charge is 0.247 e. The van der Waals surface area contributed by atoms with E-state index in [9.17, 15) is 8.42 Å². The zero-order chi connectivity index (χ0) is 14.2. The molecule has 0 aliphatic rings. The second kappa shape index (κ2) is 4.64. The largest absolute Gasteiger partial charge is 0.256 e. The zero-order valence-corrected chi connectivity index (χ0v) is 11.5. The molecule has 0 unspecified atom stereocenters. The first-order chi connectivity index (χ1) is 9.54. The molecule has 0 N–H and O–H groups in total. The third-order valence-electron chi connectivity index (χ3n) is 2.86. The summed E-state index contributed by atoms with van der Waals surface area (Å²) in [6.07, 6.45) is 4.27. The van der Waals surface area contributed by atoms with Gasteiger partial charge in [-0.15, -0.1) is 0 Å². The van der Waals surface area contributed by atoms with Crippen molar-refractivity contribution >= 4 is 20.7 Å². The van der Waals surface area contributed by atoms with E-state index < -0.39 is 9.84 Å². The highest BCUT2D eigenvalue weighted by Gasteiger charge is 2.12. The number of fused-ring (bicyclic) bond motifs is 1. The van der Waals surface area contributed by atoms with Crippen LogP contribution in [0.5, 0.6) is 0 Å². The average molecular weight is 285 g/mol. The van der Waals surface area contributed by atoms with Crippen molar-refractivity contribution in [3.8, 4) is 11.3 Å². The molecule has 3 rings (SSSR count). The van der Waals surface area contributed by atoms with E-state index in [1.165, 1.54) is 6.20 Å². The molecule has 0 fully saturated rings. The number of benzene rings is 1. The predicted octanol–water partition coefficient (Wildman–Crippen LogP) is 2.10. The number of aromatic nitrogens is 3. The Kier molecular flexibility index (Phi) is 2.94. The Morgan fingerprint density at radius 3 is 2.65 bits per heavy atom. The Morgan fingerprint density at radius 2 is 1.85 bits per heavy atom. The summed E-state index contributed by atoms with van der Waals surface area (Å²) >= 11 is 0. The van der Waals surface area contributed by atoms with Gasteiger partial charge in [-0.25, -0.2) is 18.4 Å². The fourth-order valence-electron chi connectivity index (χ4n) is 1.92. The minimum atomic E-state index is -3.41. The Morgan fingerprint density at radius 1 is 1.00 bits per heavy atom. The monoisotopic (exact) mass is 285 g/mol. The second-order valence-electron chi connectivity index (χ2n) is 4.41. The van der Waals surface area contributed by atoms with Gasteiger partial charge in [-0.3, -0.25) is 4.98 Å². The summed E-state index contributed by atoms with van der Waals surface area (Å²) in [4.78, 5) is 12.1. The second-order valence-corrected chi connectivity index (χ2v) is 6.32. The molecule has 0 atom stereocenters. The number of rotatable bonds is 2. The van der Waals surface area contributed by atoms with Gasteiger partial charge in [-0.05, 0) is 24.3 Å². The fraction of sp³-hybridized carbons (Fsp3) is 0.0714. The molecular formula is C14H11N3O2S. The van der Waals surface area contributed by atoms with Gasteiger partial charge in [0.05, 0.1) is 11.2 Å². The summed E-state index contributed by atoms with van der Waals surface area (Å²) in [7, 11) is -3.41. The van der Waals surface area contributed by atoms with Gasteiger partial charge in [-0.2, -0.15) is 0 Å². The molecule has 0 bridgehead atoms. The van der Waals surface area contributed by atoms with Crippen LogP contribution in [0.4, 0.5) is 0 Å². The quantitative estimate of drug-likeness (QED) is 0.674. The summed E-state index contributed by atoms with van der Waals surface area (Å²) in [5.74, 6) is 0. The van der Waals surface area contributed by atoms with Gasteiger partial charge in [0.15, 0.2) is 0 Å². The summed E-state index contributed by atoms with van der Waals surface area (Å²) in [6.45, 7) is 0. The molecule has 1 aromatic carbocycles. The highest BCUT2D eigenvalue weighted by molar-refractivity contribution is 7.90. The molecule has 0 amide bonds. The molecule has 5 nitrogen and oxygen atoms in total. The van der Waals surface area contributed by atoms with Crippen LogP contribution in [0.25, 0.3) is 22.2 Å². The van der Waals surface area contributed by atoms with E-state index in [1.54, 1.807) is 12.3 Å². The van der Waals surface area contributed by atoms with Gasteiger partial charge in [-0.1, -0.05) is 12.1 Å². The van der Waals surface area contributed by atoms with Crippen molar-refractivity contribution < 1.29 is 8.42 Å². The molecule has 20 heavy (non-hydrogen) atoms. The van der Waals surface area contributed by atoms with E-state index in [0.717, 1.165) is 22.7 Å². The van der Waals surface area contributed by atoms with Crippen molar-refractivity contribution in [3.63, 3.8) is 0 Å². The first-order valence-electron chi connectivity index (χ1n) is 5.92. The molecular weight excluding hydrogens is 274 g/mol. The van der Waals surface area contributed by atoms with Gasteiger partial charge in [0.2, 0.25) is 15.0 Å². The van der Waals surface area contributed by atoms with Crippen LogP contribution < -0.4 is 0 Å². The number of sulfone groups is 1. The third kappa shape index (κ3) is 2.37. The average Bonchev–Trinajstić information content (AvgIpc) is 2.46. The highest BCUT2D eigenvalue weighted by atomic mass is 32.2. The Balaban J connectivity index is 2.16. The summed E-state index contributed by atoms with van der Waals surface area (Å²) < 4.78 is 23.0. The van der Waals surface area contributed by atoms with Gasteiger partial charge in [0, 0.05) is 29.6 Å². The van der Waals surface area contributed by atoms with Crippen molar-refractivity contribution in [1.82, 2.24) is 15.0 Å². The van der Waals surface area contributed by atoms with Gasteiger partial charge in [0.1, 0.15) is 0 Å². The van der Waals surface area contributed by atoms with Crippen LogP contribution in [-0.2, 0) is 9.84 Å². The topological polar surface area (TPSA) is 72.8 Å². The molecule has 100 valence electrons. The van der Waals surface area contributed by atoms with E-state index in [4.69, 9.17) is 0 Å². The van der Waals surface area contributed by atoms with E-state index in [1.807, 2.05) is 30.3 Å². The lowest BCUT2D eigenvalue weighted by Crippen LogP contribution is -2.04. The fourth-order valence-corrected chi connectivity index (χ4v) is 2.43. The zero-order valence-electron chi connectivity index (χ0n) is 10.7. The van der Waals surface area contributed by atoms with Crippen LogP contribution in [0.2, 0.25) is 0 Å². The molecule has 0 radical (unpaired) electrons. The van der Waals surface area contributed by atoms with E-state index in [-0.39, 0.29) is 5.16 Å². The molecule has 2 aromatic heterocycles.